The molecule has 3 heterocycles. The molecule has 2 saturated carbocycles. The van der Waals surface area contributed by atoms with Crippen molar-refractivity contribution < 1.29 is 19.1 Å². The molecule has 2 amide bonds. The van der Waals surface area contributed by atoms with Crippen LogP contribution in [0.25, 0.3) is 0 Å². The third-order valence-electron chi connectivity index (χ3n) is 8.52. The molecule has 6 atom stereocenters. The maximum atomic E-state index is 13.5. The van der Waals surface area contributed by atoms with Crippen LogP contribution in [0.4, 0.5) is 0 Å². The van der Waals surface area contributed by atoms with Gasteiger partial charge in [-0.05, 0) is 32.1 Å². The maximum Gasteiger partial charge on any atom is 0.256 e. The van der Waals surface area contributed by atoms with Gasteiger partial charge in [0.25, 0.3) is 5.91 Å². The third kappa shape index (κ3) is 4.09. The highest BCUT2D eigenvalue weighted by Gasteiger charge is 2.56. The van der Waals surface area contributed by atoms with Crippen molar-refractivity contribution in [2.45, 2.75) is 89.1 Å². The molecule has 0 aromatic heterocycles. The number of nitrogens with one attached hydrogen (secondary N) is 1. The van der Waals surface area contributed by atoms with Gasteiger partial charge < -0.3 is 19.9 Å². The first-order chi connectivity index (χ1) is 16.0. The first-order valence-corrected chi connectivity index (χ1v) is 13.0. The molecule has 0 bridgehead atoms. The van der Waals surface area contributed by atoms with Gasteiger partial charge in [0.2, 0.25) is 5.91 Å². The van der Waals surface area contributed by atoms with Crippen molar-refractivity contribution in [3.63, 3.8) is 0 Å². The summed E-state index contributed by atoms with van der Waals surface area (Å²) in [6.07, 6.45) is 8.97. The first kappa shape index (κ1) is 22.8. The maximum absolute atomic E-state index is 13.5. The van der Waals surface area contributed by atoms with Gasteiger partial charge in [0.1, 0.15) is 0 Å². The lowest BCUT2D eigenvalue weighted by molar-refractivity contribution is -0.202. The van der Waals surface area contributed by atoms with Crippen molar-refractivity contribution in [2.24, 2.45) is 5.92 Å². The molecule has 6 unspecified atom stereocenters. The first-order valence-electron chi connectivity index (χ1n) is 13.0. The van der Waals surface area contributed by atoms with Crippen LogP contribution in [0.5, 0.6) is 0 Å². The molecule has 4 fully saturated rings. The van der Waals surface area contributed by atoms with E-state index >= 15 is 0 Å². The lowest BCUT2D eigenvalue weighted by atomic mass is 9.70. The Balaban J connectivity index is 1.42. The van der Waals surface area contributed by atoms with Crippen LogP contribution < -0.4 is 5.32 Å². The van der Waals surface area contributed by atoms with E-state index in [1.165, 1.54) is 12.8 Å². The average molecular weight is 459 g/mol. The Hall–Kier alpha value is -1.93. The summed E-state index contributed by atoms with van der Waals surface area (Å²) in [5.41, 5.74) is 0.336. The molecular formula is C25H38N4O4. The molecule has 0 aromatic rings. The van der Waals surface area contributed by atoms with Crippen molar-refractivity contribution in [3.05, 3.63) is 11.8 Å². The summed E-state index contributed by atoms with van der Waals surface area (Å²) in [7, 11) is 0. The van der Waals surface area contributed by atoms with Gasteiger partial charge >= 0.3 is 0 Å². The van der Waals surface area contributed by atoms with Crippen molar-refractivity contribution >= 4 is 17.6 Å². The minimum atomic E-state index is -0.224. The summed E-state index contributed by atoms with van der Waals surface area (Å²) in [5, 5.41) is 2.92. The van der Waals surface area contributed by atoms with Crippen LogP contribution in [0.1, 0.15) is 58.8 Å². The molecule has 182 valence electrons. The number of piperazine rings is 1. The molecule has 3 aliphatic heterocycles. The van der Waals surface area contributed by atoms with Gasteiger partial charge in [-0.1, -0.05) is 19.8 Å². The summed E-state index contributed by atoms with van der Waals surface area (Å²) >= 11 is 0. The molecule has 5 rings (SSSR count). The number of nitrogens with zero attached hydrogens (tertiary/aromatic N) is 3. The standard InChI is InChI=1S/C25H38N4O4/c1-3-10-26-25(32)18-15-29-19-6-4-5-7-21(19)33-24-20(9-8-17(22(24)29)23(18)31)28-13-11-27(12-14-28)16(2)30/h15,17,19-22,24H,3-14H2,1-2H3,(H,26,32). The SMILES string of the molecule is CCCNC(=O)C1=CN2C3CCCCC3OC3C(N4CCN(C(C)=O)CC4)CCC(C1=O)C32. The fourth-order valence-electron chi connectivity index (χ4n) is 6.83. The third-order valence-corrected chi connectivity index (χ3v) is 8.52. The molecule has 2 saturated heterocycles. The summed E-state index contributed by atoms with van der Waals surface area (Å²) in [6, 6.07) is 0.504. The second kappa shape index (κ2) is 9.37. The normalized spacial score (nSPS) is 36.5. The van der Waals surface area contributed by atoms with Crippen LogP contribution >= 0.6 is 0 Å². The number of amides is 2. The minimum Gasteiger partial charge on any atom is -0.369 e. The van der Waals surface area contributed by atoms with E-state index in [1.807, 2.05) is 18.0 Å². The monoisotopic (exact) mass is 458 g/mol. The molecule has 0 radical (unpaired) electrons. The number of Topliss-reactive ketones (excluding diaryl/α,β-unsaturated/α-hetero) is 1. The van der Waals surface area contributed by atoms with Crippen molar-refractivity contribution in [1.82, 2.24) is 20.0 Å². The number of carbonyl (C=O) groups is 3. The highest BCUT2D eigenvalue weighted by atomic mass is 16.5. The van der Waals surface area contributed by atoms with Gasteiger partial charge in [0.15, 0.2) is 5.78 Å². The molecular weight excluding hydrogens is 420 g/mol. The number of hydrogen-bond acceptors (Lipinski definition) is 6. The number of ether oxygens (including phenoxy) is 1. The fourth-order valence-corrected chi connectivity index (χ4v) is 6.83. The molecule has 1 N–H and O–H groups in total. The number of hydrogen-bond donors (Lipinski definition) is 1. The van der Waals surface area contributed by atoms with Crippen molar-refractivity contribution in [3.8, 4) is 0 Å². The Labute approximate surface area is 196 Å². The zero-order chi connectivity index (χ0) is 23.1. The van der Waals surface area contributed by atoms with Crippen LogP contribution in [0.3, 0.4) is 0 Å². The molecule has 5 aliphatic rings. The van der Waals surface area contributed by atoms with Gasteiger partial charge in [-0.3, -0.25) is 19.3 Å². The van der Waals surface area contributed by atoms with E-state index in [-0.39, 0.29) is 53.8 Å². The molecule has 0 aromatic carbocycles. The van der Waals surface area contributed by atoms with E-state index in [1.54, 1.807) is 6.92 Å². The number of carbonyl (C=O) groups excluding carboxylic acids is 3. The summed E-state index contributed by atoms with van der Waals surface area (Å²) in [6.45, 7) is 7.45. The van der Waals surface area contributed by atoms with E-state index < -0.39 is 0 Å². The second-order valence-corrected chi connectivity index (χ2v) is 10.4. The lowest BCUT2D eigenvalue weighted by Gasteiger charge is -2.60. The number of morpholine rings is 1. The highest BCUT2D eigenvalue weighted by molar-refractivity contribution is 6.20. The molecule has 33 heavy (non-hydrogen) atoms. The zero-order valence-electron chi connectivity index (χ0n) is 20.0. The second-order valence-electron chi connectivity index (χ2n) is 10.4. The smallest absolute Gasteiger partial charge is 0.256 e. The van der Waals surface area contributed by atoms with E-state index in [9.17, 15) is 14.4 Å². The van der Waals surface area contributed by atoms with Crippen molar-refractivity contribution in [1.29, 1.82) is 0 Å². The summed E-state index contributed by atoms with van der Waals surface area (Å²) in [4.78, 5) is 44.9. The van der Waals surface area contributed by atoms with Gasteiger partial charge in [-0.15, -0.1) is 0 Å². The van der Waals surface area contributed by atoms with Crippen LogP contribution in [0.2, 0.25) is 0 Å². The van der Waals surface area contributed by atoms with Gasteiger partial charge in [-0.25, -0.2) is 0 Å². The Morgan fingerprint density at radius 2 is 1.82 bits per heavy atom. The average Bonchev–Trinajstić information content (AvgIpc) is 2.84. The summed E-state index contributed by atoms with van der Waals surface area (Å²) < 4.78 is 6.83. The topological polar surface area (TPSA) is 82.2 Å². The zero-order valence-corrected chi connectivity index (χ0v) is 20.0. The summed E-state index contributed by atoms with van der Waals surface area (Å²) in [5.74, 6) is -0.272. The Morgan fingerprint density at radius 1 is 1.06 bits per heavy atom. The minimum absolute atomic E-state index is 0.00385. The highest BCUT2D eigenvalue weighted by Crippen LogP contribution is 2.46. The Kier molecular flexibility index (Phi) is 6.49. The van der Waals surface area contributed by atoms with E-state index in [0.717, 1.165) is 58.3 Å². The molecule has 8 heteroatoms. The van der Waals surface area contributed by atoms with Crippen LogP contribution in [-0.2, 0) is 19.1 Å². The number of rotatable bonds is 4. The number of fused-ring (bicyclic) bond motifs is 2. The molecule has 0 spiro atoms. The largest absolute Gasteiger partial charge is 0.369 e. The fraction of sp³-hybridized carbons (Fsp3) is 0.800. The van der Waals surface area contributed by atoms with E-state index in [4.69, 9.17) is 4.74 Å². The van der Waals surface area contributed by atoms with E-state index in [2.05, 4.69) is 15.1 Å². The van der Waals surface area contributed by atoms with Crippen LogP contribution in [-0.4, -0.2) is 95.4 Å². The van der Waals surface area contributed by atoms with Crippen LogP contribution in [0, 0.1) is 5.92 Å². The predicted octanol–water partition coefficient (Wildman–Crippen LogP) is 1.30. The predicted molar refractivity (Wildman–Crippen MR) is 123 cm³/mol. The van der Waals surface area contributed by atoms with Gasteiger partial charge in [-0.2, -0.15) is 0 Å². The number of ketones is 1. The molecule has 8 nitrogen and oxygen atoms in total. The Morgan fingerprint density at radius 3 is 2.55 bits per heavy atom. The van der Waals surface area contributed by atoms with Crippen molar-refractivity contribution in [2.75, 3.05) is 32.7 Å². The molecule has 2 aliphatic carbocycles. The van der Waals surface area contributed by atoms with E-state index in [0.29, 0.717) is 12.1 Å². The van der Waals surface area contributed by atoms with Gasteiger partial charge in [0, 0.05) is 57.8 Å². The Bertz CT molecular complexity index is 821. The quantitative estimate of drug-likeness (QED) is 0.640. The van der Waals surface area contributed by atoms with Gasteiger partial charge in [0.05, 0.1) is 29.9 Å². The lowest BCUT2D eigenvalue weighted by Crippen LogP contribution is -2.71. The van der Waals surface area contributed by atoms with Crippen LogP contribution in [0.15, 0.2) is 11.8 Å².